The number of amides is 1. The first-order chi connectivity index (χ1) is 21.2. The molecule has 4 unspecified atom stereocenters. The molecule has 2 saturated carbocycles. The average Bonchev–Trinajstić information content (AvgIpc) is 3.52. The van der Waals surface area contributed by atoms with Gasteiger partial charge < -0.3 is 10.4 Å². The lowest BCUT2D eigenvalue weighted by atomic mass is 9.82. The number of ketones is 1. The SMILES string of the molecule is C#CC[C@H](O)[C@H](N=O)C(CC1CCCCC1)NC(=O)[C@H](CC(=C)CC)NC1C(=O)C1(Cc1ccc(Cl)cc1)CS(=O)C(C)(C)C. The third-order valence-corrected chi connectivity index (χ3v) is 11.7. The van der Waals surface area contributed by atoms with E-state index in [-0.39, 0.29) is 30.3 Å². The van der Waals surface area contributed by atoms with Gasteiger partial charge in [0.15, 0.2) is 5.78 Å². The van der Waals surface area contributed by atoms with Crippen molar-refractivity contribution in [1.29, 1.82) is 0 Å². The van der Waals surface area contributed by atoms with Crippen LogP contribution in [0.15, 0.2) is 41.6 Å². The summed E-state index contributed by atoms with van der Waals surface area (Å²) in [5, 5.41) is 20.9. The van der Waals surface area contributed by atoms with Crippen molar-refractivity contribution in [2.75, 3.05) is 5.75 Å². The number of nitrogens with zero attached hydrogens (tertiary/aromatic N) is 1. The molecule has 0 radical (unpaired) electrons. The molecule has 8 nitrogen and oxygen atoms in total. The molecule has 7 atom stereocenters. The minimum Gasteiger partial charge on any atom is -0.390 e. The Balaban J connectivity index is 1.90. The number of hydrogen-bond acceptors (Lipinski definition) is 7. The number of rotatable bonds is 17. The van der Waals surface area contributed by atoms with E-state index >= 15 is 0 Å². The Bertz CT molecular complexity index is 1270. The predicted octanol–water partition coefficient (Wildman–Crippen LogP) is 5.66. The van der Waals surface area contributed by atoms with E-state index in [2.05, 4.69) is 28.3 Å². The monoisotopic (exact) mass is 659 g/mol. The lowest BCUT2D eigenvalue weighted by Crippen LogP contribution is -2.54. The maximum absolute atomic E-state index is 14.0. The normalized spacial score (nSPS) is 23.7. The second-order valence-electron chi connectivity index (χ2n) is 13.8. The minimum absolute atomic E-state index is 0.0591. The van der Waals surface area contributed by atoms with Crippen LogP contribution in [-0.4, -0.2) is 61.8 Å². The summed E-state index contributed by atoms with van der Waals surface area (Å²) in [6, 6.07) is 3.88. The maximum Gasteiger partial charge on any atom is 0.237 e. The molecule has 3 rings (SSSR count). The number of aliphatic hydroxyl groups excluding tert-OH is 1. The first-order valence-corrected chi connectivity index (χ1v) is 17.8. The second kappa shape index (κ2) is 16.4. The van der Waals surface area contributed by atoms with Crippen LogP contribution in [-0.2, 0) is 26.8 Å². The van der Waals surface area contributed by atoms with Gasteiger partial charge in [0.2, 0.25) is 5.91 Å². The van der Waals surface area contributed by atoms with Crippen LogP contribution >= 0.6 is 11.6 Å². The van der Waals surface area contributed by atoms with Gasteiger partial charge in [0.25, 0.3) is 0 Å². The van der Waals surface area contributed by atoms with E-state index < -0.39 is 57.1 Å². The first-order valence-electron chi connectivity index (χ1n) is 16.1. The summed E-state index contributed by atoms with van der Waals surface area (Å²) in [6.45, 7) is 11.7. The Morgan fingerprint density at radius 1 is 1.24 bits per heavy atom. The van der Waals surface area contributed by atoms with Gasteiger partial charge in [-0.3, -0.25) is 19.1 Å². The molecule has 3 N–H and O–H groups in total. The number of hydrogen-bond donors (Lipinski definition) is 3. The molecule has 0 aliphatic heterocycles. The van der Waals surface area contributed by atoms with Crippen molar-refractivity contribution in [1.82, 2.24) is 10.6 Å². The van der Waals surface area contributed by atoms with E-state index in [0.29, 0.717) is 24.3 Å². The highest BCUT2D eigenvalue weighted by atomic mass is 35.5. The maximum atomic E-state index is 14.0. The van der Waals surface area contributed by atoms with Crippen molar-refractivity contribution in [2.24, 2.45) is 16.5 Å². The summed E-state index contributed by atoms with van der Waals surface area (Å²) in [6.07, 6.45) is 11.2. The number of nitrogens with one attached hydrogen (secondary N) is 2. The van der Waals surface area contributed by atoms with Crippen LogP contribution in [0.25, 0.3) is 0 Å². The Labute approximate surface area is 276 Å². The highest BCUT2D eigenvalue weighted by molar-refractivity contribution is 7.86. The molecule has 1 aromatic rings. The van der Waals surface area contributed by atoms with Gasteiger partial charge >= 0.3 is 0 Å². The second-order valence-corrected chi connectivity index (χ2v) is 16.5. The number of terminal acetylenes is 1. The quantitative estimate of drug-likeness (QED) is 0.113. The topological polar surface area (TPSA) is 125 Å². The predicted molar refractivity (Wildman–Crippen MR) is 182 cm³/mol. The van der Waals surface area contributed by atoms with Crippen molar-refractivity contribution in [3.05, 3.63) is 51.9 Å². The van der Waals surface area contributed by atoms with Gasteiger partial charge in [0.05, 0.1) is 29.6 Å². The molecule has 0 aromatic heterocycles. The van der Waals surface area contributed by atoms with E-state index in [0.717, 1.165) is 43.2 Å². The van der Waals surface area contributed by atoms with E-state index in [1.807, 2.05) is 39.8 Å². The van der Waals surface area contributed by atoms with Gasteiger partial charge in [-0.2, -0.15) is 4.91 Å². The molecular formula is C35H50ClN3O5S. The molecule has 0 saturated heterocycles. The van der Waals surface area contributed by atoms with Crippen molar-refractivity contribution in [3.63, 3.8) is 0 Å². The fourth-order valence-corrected chi connectivity index (χ4v) is 7.74. The summed E-state index contributed by atoms with van der Waals surface area (Å²) >= 11 is 6.11. The lowest BCUT2D eigenvalue weighted by molar-refractivity contribution is -0.124. The summed E-state index contributed by atoms with van der Waals surface area (Å²) < 4.78 is 12.9. The molecule has 0 bridgehead atoms. The molecule has 1 amide bonds. The van der Waals surface area contributed by atoms with Gasteiger partial charge in [0.1, 0.15) is 6.04 Å². The summed E-state index contributed by atoms with van der Waals surface area (Å²) in [5.41, 5.74) is 0.741. The standard InChI is InChI=1S/C35H50ClN3O5S/c1-7-12-29(40)30(39-43)27(20-24-13-10-9-11-14-24)38-33(42)28(19-23(3)8-2)37-31-32(41)35(31,22-45(44)34(4,5)6)21-25-15-17-26(36)18-16-25/h1,15-18,24,27-31,37,40H,3,8-14,19-22H2,2,4-6H3,(H,38,42)/t27?,28-,29-,30+,31?,35?,45?/m0/s1. The zero-order valence-corrected chi connectivity index (χ0v) is 28.7. The van der Waals surface area contributed by atoms with Crippen LogP contribution < -0.4 is 10.6 Å². The molecule has 10 heteroatoms. The number of halogens is 1. The summed E-state index contributed by atoms with van der Waals surface area (Å²) in [7, 11) is -1.33. The smallest absolute Gasteiger partial charge is 0.237 e. The zero-order chi connectivity index (χ0) is 33.4. The summed E-state index contributed by atoms with van der Waals surface area (Å²) in [4.78, 5) is 39.8. The largest absolute Gasteiger partial charge is 0.390 e. The Morgan fingerprint density at radius 2 is 1.89 bits per heavy atom. The van der Waals surface area contributed by atoms with Gasteiger partial charge in [-0.25, -0.2) is 0 Å². The van der Waals surface area contributed by atoms with Crippen molar-refractivity contribution >= 4 is 34.1 Å². The number of carbonyl (C=O) groups excluding carboxylic acids is 2. The van der Waals surface area contributed by atoms with Crippen molar-refractivity contribution < 1.29 is 18.9 Å². The molecule has 0 spiro atoms. The van der Waals surface area contributed by atoms with Crippen LogP contribution in [0.3, 0.4) is 0 Å². The number of carbonyl (C=O) groups is 2. The van der Waals surface area contributed by atoms with E-state index in [1.54, 1.807) is 12.1 Å². The zero-order valence-electron chi connectivity index (χ0n) is 27.1. The van der Waals surface area contributed by atoms with Crippen molar-refractivity contribution in [3.8, 4) is 12.3 Å². The van der Waals surface area contributed by atoms with Gasteiger partial charge in [-0.1, -0.05) is 80.1 Å². The van der Waals surface area contributed by atoms with Gasteiger partial charge in [0, 0.05) is 32.7 Å². The van der Waals surface area contributed by atoms with Crippen LogP contribution in [0.4, 0.5) is 0 Å². The third-order valence-electron chi connectivity index (χ3n) is 9.30. The fraction of sp³-hybridized carbons (Fsp3) is 0.657. The Kier molecular flexibility index (Phi) is 13.6. The molecule has 45 heavy (non-hydrogen) atoms. The van der Waals surface area contributed by atoms with Crippen molar-refractivity contribution in [2.45, 2.75) is 127 Å². The Morgan fingerprint density at radius 3 is 2.44 bits per heavy atom. The number of Topliss-reactive ketones (excluding diaryl/α,β-unsaturated/α-hetero) is 1. The van der Waals surface area contributed by atoms with Crippen LogP contribution in [0, 0.1) is 28.6 Å². The van der Waals surface area contributed by atoms with Gasteiger partial charge in [-0.05, 0) is 70.1 Å². The lowest BCUT2D eigenvalue weighted by Gasteiger charge is -2.32. The number of benzene rings is 1. The number of aliphatic hydroxyl groups is 1. The summed E-state index contributed by atoms with van der Waals surface area (Å²) in [5.74, 6) is 2.34. The average molecular weight is 660 g/mol. The highest BCUT2D eigenvalue weighted by Crippen LogP contribution is 2.47. The van der Waals surface area contributed by atoms with E-state index in [9.17, 15) is 23.8 Å². The highest BCUT2D eigenvalue weighted by Gasteiger charge is 2.66. The Hall–Kier alpha value is -2.38. The van der Waals surface area contributed by atoms with Gasteiger partial charge in [-0.15, -0.1) is 12.3 Å². The molecular weight excluding hydrogens is 610 g/mol. The number of nitroso groups, excluding NO2 is 1. The first kappa shape index (κ1) is 37.1. The molecule has 2 aliphatic rings. The molecule has 248 valence electrons. The van der Waals surface area contributed by atoms with Crippen LogP contribution in [0.1, 0.15) is 91.0 Å². The van der Waals surface area contributed by atoms with Crippen LogP contribution in [0.2, 0.25) is 5.02 Å². The third kappa shape index (κ3) is 10.1. The van der Waals surface area contributed by atoms with E-state index in [1.165, 1.54) is 0 Å². The molecule has 2 fully saturated rings. The fourth-order valence-electron chi connectivity index (χ4n) is 6.30. The molecule has 0 heterocycles. The van der Waals surface area contributed by atoms with Crippen LogP contribution in [0.5, 0.6) is 0 Å². The van der Waals surface area contributed by atoms with E-state index in [4.69, 9.17) is 18.0 Å². The molecule has 2 aliphatic carbocycles. The minimum atomic E-state index is -1.33. The molecule has 1 aromatic carbocycles.